The maximum Gasteiger partial charge on any atom is 0.250 e. The molecule has 0 radical (unpaired) electrons. The molecule has 1 fully saturated rings. The van der Waals surface area contributed by atoms with Crippen LogP contribution in [0.1, 0.15) is 29.3 Å². The fourth-order valence-electron chi connectivity index (χ4n) is 3.52. The number of ether oxygens (including phenoxy) is 2. The highest BCUT2D eigenvalue weighted by molar-refractivity contribution is 7.15. The van der Waals surface area contributed by atoms with Crippen LogP contribution in [0.15, 0.2) is 60.8 Å². The number of nitrogens with zero attached hydrogens (tertiary/aromatic N) is 4. The van der Waals surface area contributed by atoms with Gasteiger partial charge in [0.1, 0.15) is 10.7 Å². The number of benzene rings is 2. The average molecular weight is 474 g/mol. The lowest BCUT2D eigenvalue weighted by atomic mass is 10.1. The largest absolute Gasteiger partial charge is 0.493 e. The highest BCUT2D eigenvalue weighted by Gasteiger charge is 2.27. The van der Waals surface area contributed by atoms with Crippen molar-refractivity contribution in [2.45, 2.75) is 18.8 Å². The molecule has 1 N–H and O–H groups in total. The Morgan fingerprint density at radius 1 is 1.09 bits per heavy atom. The number of aromatic nitrogens is 4. The second kappa shape index (κ2) is 9.48. The molecular formula is C25H23N5O3S. The number of methoxy groups -OCH3 is 2. The smallest absolute Gasteiger partial charge is 0.250 e. The van der Waals surface area contributed by atoms with Gasteiger partial charge in [0.05, 0.1) is 19.9 Å². The number of carbonyl (C=O) groups excluding carboxylic acids is 1. The molecule has 2 aromatic heterocycles. The van der Waals surface area contributed by atoms with Crippen molar-refractivity contribution in [1.29, 1.82) is 0 Å². The Labute approximate surface area is 200 Å². The van der Waals surface area contributed by atoms with E-state index in [1.54, 1.807) is 25.0 Å². The van der Waals surface area contributed by atoms with E-state index >= 15 is 0 Å². The SMILES string of the molecule is COc1ccc(-c2nn(-c3ccccc3)cc2/C=C/C(=O)Nc2nnc(C3CC3)s2)cc1OC. The second-order valence-electron chi connectivity index (χ2n) is 7.83. The molecule has 1 amide bonds. The van der Waals surface area contributed by atoms with Crippen LogP contribution in [-0.4, -0.2) is 40.1 Å². The Morgan fingerprint density at radius 2 is 1.88 bits per heavy atom. The Bertz CT molecular complexity index is 1340. The summed E-state index contributed by atoms with van der Waals surface area (Å²) in [5.74, 6) is 1.47. The number of anilines is 1. The summed E-state index contributed by atoms with van der Waals surface area (Å²) in [6.07, 6.45) is 7.41. The van der Waals surface area contributed by atoms with Crippen LogP contribution in [0.4, 0.5) is 5.13 Å². The van der Waals surface area contributed by atoms with Crippen molar-refractivity contribution in [2.24, 2.45) is 0 Å². The number of nitrogens with one attached hydrogen (secondary N) is 1. The molecule has 1 aliphatic rings. The van der Waals surface area contributed by atoms with Gasteiger partial charge in [0.25, 0.3) is 0 Å². The van der Waals surface area contributed by atoms with Gasteiger partial charge in [-0.3, -0.25) is 10.1 Å². The minimum absolute atomic E-state index is 0.274. The van der Waals surface area contributed by atoms with Crippen LogP contribution in [0.3, 0.4) is 0 Å². The molecule has 1 saturated carbocycles. The van der Waals surface area contributed by atoms with Gasteiger partial charge < -0.3 is 9.47 Å². The van der Waals surface area contributed by atoms with E-state index in [-0.39, 0.29) is 5.91 Å². The van der Waals surface area contributed by atoms with Crippen molar-refractivity contribution in [3.8, 4) is 28.4 Å². The van der Waals surface area contributed by atoms with Gasteiger partial charge in [-0.15, -0.1) is 10.2 Å². The van der Waals surface area contributed by atoms with E-state index in [2.05, 4.69) is 15.5 Å². The van der Waals surface area contributed by atoms with E-state index in [0.717, 1.165) is 34.7 Å². The molecule has 172 valence electrons. The lowest BCUT2D eigenvalue weighted by Crippen LogP contribution is -2.07. The van der Waals surface area contributed by atoms with Gasteiger partial charge in [-0.05, 0) is 49.2 Å². The lowest BCUT2D eigenvalue weighted by Gasteiger charge is -2.09. The van der Waals surface area contributed by atoms with Gasteiger partial charge in [-0.2, -0.15) is 5.10 Å². The Hall–Kier alpha value is -3.98. The summed E-state index contributed by atoms with van der Waals surface area (Å²) < 4.78 is 12.6. The van der Waals surface area contributed by atoms with Crippen molar-refractivity contribution in [3.05, 3.63) is 71.4 Å². The molecule has 0 aliphatic heterocycles. The van der Waals surface area contributed by atoms with Crippen LogP contribution in [0, 0.1) is 0 Å². The Kier molecular flexibility index (Phi) is 6.09. The van der Waals surface area contributed by atoms with E-state index in [0.29, 0.717) is 28.2 Å². The molecule has 34 heavy (non-hydrogen) atoms. The highest BCUT2D eigenvalue weighted by Crippen LogP contribution is 2.42. The third-order valence-electron chi connectivity index (χ3n) is 5.43. The third-order valence-corrected chi connectivity index (χ3v) is 6.43. The number of rotatable bonds is 8. The molecule has 9 heteroatoms. The van der Waals surface area contributed by atoms with Crippen LogP contribution in [-0.2, 0) is 4.79 Å². The maximum atomic E-state index is 12.6. The number of hydrogen-bond donors (Lipinski definition) is 1. The zero-order valence-corrected chi connectivity index (χ0v) is 19.6. The minimum Gasteiger partial charge on any atom is -0.493 e. The molecule has 8 nitrogen and oxygen atoms in total. The molecule has 0 spiro atoms. The number of para-hydroxylation sites is 1. The third kappa shape index (κ3) is 4.69. The Morgan fingerprint density at radius 3 is 2.62 bits per heavy atom. The van der Waals surface area contributed by atoms with Gasteiger partial charge in [-0.1, -0.05) is 29.5 Å². The standard InChI is InChI=1S/C25H23N5O3S/c1-32-20-12-10-17(14-21(20)33-2)23-18(15-30(29-23)19-6-4-3-5-7-19)11-13-22(31)26-25-28-27-24(34-25)16-8-9-16/h3-7,10-16H,8-9H2,1-2H3,(H,26,28,31)/b13-11+. The van der Waals surface area contributed by atoms with Crippen molar-refractivity contribution >= 4 is 28.5 Å². The van der Waals surface area contributed by atoms with Crippen molar-refractivity contribution in [3.63, 3.8) is 0 Å². The number of hydrogen-bond acceptors (Lipinski definition) is 7. The first kappa shape index (κ1) is 21.8. The fraction of sp³-hybridized carbons (Fsp3) is 0.200. The molecule has 0 atom stereocenters. The lowest BCUT2D eigenvalue weighted by molar-refractivity contribution is -0.111. The van der Waals surface area contributed by atoms with E-state index in [1.165, 1.54) is 17.4 Å². The van der Waals surface area contributed by atoms with Crippen molar-refractivity contribution < 1.29 is 14.3 Å². The molecule has 2 aromatic carbocycles. The number of amides is 1. The number of carbonyl (C=O) groups is 1. The van der Waals surface area contributed by atoms with E-state index < -0.39 is 0 Å². The van der Waals surface area contributed by atoms with Crippen LogP contribution in [0.25, 0.3) is 23.0 Å². The molecule has 1 aliphatic carbocycles. The van der Waals surface area contributed by atoms with Crippen molar-refractivity contribution in [1.82, 2.24) is 20.0 Å². The van der Waals surface area contributed by atoms with Gasteiger partial charge in [0, 0.05) is 29.3 Å². The van der Waals surface area contributed by atoms with Crippen LogP contribution in [0.2, 0.25) is 0 Å². The zero-order valence-electron chi connectivity index (χ0n) is 18.8. The summed E-state index contributed by atoms with van der Waals surface area (Å²) in [6, 6.07) is 15.4. The van der Waals surface area contributed by atoms with Gasteiger partial charge >= 0.3 is 0 Å². The first-order valence-electron chi connectivity index (χ1n) is 10.8. The Balaban J connectivity index is 1.44. The molecule has 5 rings (SSSR count). The molecular weight excluding hydrogens is 450 g/mol. The average Bonchev–Trinajstić information content (AvgIpc) is 3.47. The van der Waals surface area contributed by atoms with E-state index in [4.69, 9.17) is 14.6 Å². The van der Waals surface area contributed by atoms with E-state index in [1.807, 2.05) is 54.7 Å². The molecule has 2 heterocycles. The van der Waals surface area contributed by atoms with Crippen LogP contribution < -0.4 is 14.8 Å². The predicted molar refractivity (Wildman–Crippen MR) is 132 cm³/mol. The quantitative estimate of drug-likeness (QED) is 0.365. The summed E-state index contributed by atoms with van der Waals surface area (Å²) >= 11 is 1.43. The summed E-state index contributed by atoms with van der Waals surface area (Å²) in [5.41, 5.74) is 3.24. The van der Waals surface area contributed by atoms with Gasteiger partial charge in [0.2, 0.25) is 11.0 Å². The summed E-state index contributed by atoms with van der Waals surface area (Å²) in [5, 5.41) is 17.3. The van der Waals surface area contributed by atoms with Crippen LogP contribution >= 0.6 is 11.3 Å². The van der Waals surface area contributed by atoms with Gasteiger partial charge in [-0.25, -0.2) is 4.68 Å². The minimum atomic E-state index is -0.274. The highest BCUT2D eigenvalue weighted by atomic mass is 32.1. The van der Waals surface area contributed by atoms with Gasteiger partial charge in [0.15, 0.2) is 11.5 Å². The molecule has 0 unspecified atom stereocenters. The first-order chi connectivity index (χ1) is 16.6. The second-order valence-corrected chi connectivity index (χ2v) is 8.83. The van der Waals surface area contributed by atoms with Crippen molar-refractivity contribution in [2.75, 3.05) is 19.5 Å². The first-order valence-corrected chi connectivity index (χ1v) is 11.7. The monoisotopic (exact) mass is 473 g/mol. The maximum absolute atomic E-state index is 12.6. The fourth-order valence-corrected chi connectivity index (χ4v) is 4.44. The molecule has 0 bridgehead atoms. The summed E-state index contributed by atoms with van der Waals surface area (Å²) in [7, 11) is 3.19. The molecule has 0 saturated heterocycles. The predicted octanol–water partition coefficient (Wildman–Crippen LogP) is 4.94. The zero-order chi connectivity index (χ0) is 23.5. The van der Waals surface area contributed by atoms with E-state index in [9.17, 15) is 4.79 Å². The normalized spacial score (nSPS) is 13.2. The molecule has 4 aromatic rings. The summed E-state index contributed by atoms with van der Waals surface area (Å²) in [4.78, 5) is 12.6. The van der Waals surface area contributed by atoms with Crippen LogP contribution in [0.5, 0.6) is 11.5 Å². The topological polar surface area (TPSA) is 91.2 Å². The summed E-state index contributed by atoms with van der Waals surface area (Å²) in [6.45, 7) is 0.